The maximum absolute atomic E-state index is 3.67. The monoisotopic (exact) mass is 235 g/mol. The van der Waals surface area contributed by atoms with Gasteiger partial charge in [-0.3, -0.25) is 0 Å². The summed E-state index contributed by atoms with van der Waals surface area (Å²) in [6.07, 6.45) is 1.34. The number of thioether (sulfide) groups is 1. The Hall–Kier alpha value is -0.470. The van der Waals surface area contributed by atoms with Crippen LogP contribution in [0.2, 0.25) is 0 Å². The van der Waals surface area contributed by atoms with Crippen LogP contribution in [0.5, 0.6) is 0 Å². The third-order valence-corrected chi connectivity index (χ3v) is 4.45. The van der Waals surface area contributed by atoms with Crippen molar-refractivity contribution in [2.24, 2.45) is 0 Å². The minimum Gasteiger partial charge on any atom is -0.313 e. The second kappa shape index (κ2) is 5.74. The van der Waals surface area contributed by atoms with Gasteiger partial charge in [-0.05, 0) is 30.6 Å². The molecular formula is C14H21NS. The molecular weight excluding hydrogens is 214 g/mol. The van der Waals surface area contributed by atoms with Crippen molar-refractivity contribution < 1.29 is 0 Å². The van der Waals surface area contributed by atoms with Gasteiger partial charge in [-0.1, -0.05) is 36.8 Å². The van der Waals surface area contributed by atoms with E-state index in [1.807, 2.05) is 0 Å². The Labute approximate surface area is 103 Å². The van der Waals surface area contributed by atoms with Crippen LogP contribution in [0.25, 0.3) is 0 Å². The highest BCUT2D eigenvalue weighted by atomic mass is 32.2. The summed E-state index contributed by atoms with van der Waals surface area (Å²) in [5, 5.41) is 3.67. The molecule has 0 saturated carbocycles. The van der Waals surface area contributed by atoms with Crippen LogP contribution in [-0.2, 0) is 0 Å². The summed E-state index contributed by atoms with van der Waals surface area (Å²) in [6.45, 7) is 5.55. The minimum absolute atomic E-state index is 0.617. The molecule has 1 aromatic rings. The zero-order chi connectivity index (χ0) is 11.4. The van der Waals surface area contributed by atoms with E-state index in [9.17, 15) is 0 Å². The van der Waals surface area contributed by atoms with E-state index in [0.29, 0.717) is 5.92 Å². The molecule has 0 amide bonds. The van der Waals surface area contributed by atoms with E-state index < -0.39 is 0 Å². The van der Waals surface area contributed by atoms with Gasteiger partial charge in [-0.15, -0.1) is 0 Å². The van der Waals surface area contributed by atoms with Crippen molar-refractivity contribution in [1.82, 2.24) is 5.32 Å². The summed E-state index contributed by atoms with van der Waals surface area (Å²) in [5.41, 5.74) is 2.79. The van der Waals surface area contributed by atoms with Gasteiger partial charge in [0, 0.05) is 18.3 Å². The van der Waals surface area contributed by atoms with Crippen molar-refractivity contribution >= 4 is 11.8 Å². The molecule has 2 heteroatoms. The van der Waals surface area contributed by atoms with Crippen molar-refractivity contribution in [3.63, 3.8) is 0 Å². The molecule has 1 aromatic carbocycles. The summed E-state index contributed by atoms with van der Waals surface area (Å²) in [5.74, 6) is 3.24. The average molecular weight is 235 g/mol. The predicted molar refractivity (Wildman–Crippen MR) is 73.3 cm³/mol. The fourth-order valence-electron chi connectivity index (χ4n) is 2.05. The molecule has 0 radical (unpaired) electrons. The lowest BCUT2D eigenvalue weighted by molar-refractivity contribution is 0.526. The Morgan fingerprint density at radius 2 is 2.12 bits per heavy atom. The maximum Gasteiger partial charge on any atom is 0.0166 e. The van der Waals surface area contributed by atoms with Gasteiger partial charge in [-0.25, -0.2) is 0 Å². The van der Waals surface area contributed by atoms with Gasteiger partial charge in [0.2, 0.25) is 0 Å². The molecule has 1 aliphatic heterocycles. The summed E-state index contributed by atoms with van der Waals surface area (Å²) in [6, 6.07) is 9.67. The molecule has 2 unspecified atom stereocenters. The Kier molecular flexibility index (Phi) is 4.30. The molecule has 1 nitrogen and oxygen atoms in total. The Morgan fingerprint density at radius 1 is 1.38 bits per heavy atom. The predicted octanol–water partition coefficient (Wildman–Crippen LogP) is 3.19. The van der Waals surface area contributed by atoms with E-state index in [4.69, 9.17) is 0 Å². The molecule has 0 aromatic heterocycles. The van der Waals surface area contributed by atoms with E-state index in [1.54, 1.807) is 0 Å². The number of aryl methyl sites for hydroxylation is 1. The molecule has 1 aliphatic rings. The molecule has 0 spiro atoms. The SMILES string of the molecule is Cc1ccc(C(C)CNC2CCSC2)cc1. The lowest BCUT2D eigenvalue weighted by Crippen LogP contribution is -2.31. The topological polar surface area (TPSA) is 12.0 Å². The van der Waals surface area contributed by atoms with Crippen LogP contribution in [0.15, 0.2) is 24.3 Å². The largest absolute Gasteiger partial charge is 0.313 e. The molecule has 0 bridgehead atoms. The molecule has 2 atom stereocenters. The zero-order valence-corrected chi connectivity index (χ0v) is 11.0. The van der Waals surface area contributed by atoms with Crippen LogP contribution < -0.4 is 5.32 Å². The molecule has 2 rings (SSSR count). The number of hydrogen-bond acceptors (Lipinski definition) is 2. The van der Waals surface area contributed by atoms with E-state index in [2.05, 4.69) is 55.2 Å². The van der Waals surface area contributed by atoms with Gasteiger partial charge in [0.1, 0.15) is 0 Å². The normalized spacial score (nSPS) is 22.2. The molecule has 88 valence electrons. The summed E-state index contributed by atoms with van der Waals surface area (Å²) in [4.78, 5) is 0. The van der Waals surface area contributed by atoms with Gasteiger partial charge in [0.15, 0.2) is 0 Å². The summed E-state index contributed by atoms with van der Waals surface area (Å²) in [7, 11) is 0. The Bertz CT molecular complexity index is 314. The highest BCUT2D eigenvalue weighted by molar-refractivity contribution is 7.99. The lowest BCUT2D eigenvalue weighted by Gasteiger charge is -2.17. The molecule has 1 heterocycles. The standard InChI is InChI=1S/C14H21NS/c1-11-3-5-13(6-4-11)12(2)9-15-14-7-8-16-10-14/h3-6,12,14-15H,7-10H2,1-2H3. The van der Waals surface area contributed by atoms with E-state index in [-0.39, 0.29) is 0 Å². The van der Waals surface area contributed by atoms with Crippen molar-refractivity contribution in [2.45, 2.75) is 32.2 Å². The molecule has 1 fully saturated rings. The first kappa shape index (κ1) is 12.0. The van der Waals surface area contributed by atoms with E-state index in [1.165, 1.54) is 29.1 Å². The maximum atomic E-state index is 3.67. The smallest absolute Gasteiger partial charge is 0.0166 e. The van der Waals surface area contributed by atoms with Crippen LogP contribution in [0, 0.1) is 6.92 Å². The van der Waals surface area contributed by atoms with Gasteiger partial charge < -0.3 is 5.32 Å². The van der Waals surface area contributed by atoms with E-state index in [0.717, 1.165) is 12.6 Å². The highest BCUT2D eigenvalue weighted by Gasteiger charge is 2.15. The third kappa shape index (κ3) is 3.26. The van der Waals surface area contributed by atoms with Gasteiger partial charge in [-0.2, -0.15) is 11.8 Å². The quantitative estimate of drug-likeness (QED) is 0.860. The van der Waals surface area contributed by atoms with E-state index >= 15 is 0 Å². The van der Waals surface area contributed by atoms with Crippen LogP contribution in [0.4, 0.5) is 0 Å². The van der Waals surface area contributed by atoms with Crippen LogP contribution >= 0.6 is 11.8 Å². The number of nitrogens with one attached hydrogen (secondary N) is 1. The first-order valence-corrected chi connectivity index (χ1v) is 7.29. The molecule has 0 aliphatic carbocycles. The van der Waals surface area contributed by atoms with Crippen LogP contribution in [0.1, 0.15) is 30.4 Å². The number of hydrogen-bond donors (Lipinski definition) is 1. The van der Waals surface area contributed by atoms with Crippen molar-refractivity contribution in [3.8, 4) is 0 Å². The fraction of sp³-hybridized carbons (Fsp3) is 0.571. The first-order valence-electron chi connectivity index (χ1n) is 6.13. The number of benzene rings is 1. The molecule has 1 saturated heterocycles. The first-order chi connectivity index (χ1) is 7.75. The van der Waals surface area contributed by atoms with Crippen LogP contribution in [0.3, 0.4) is 0 Å². The summed E-state index contributed by atoms with van der Waals surface area (Å²) < 4.78 is 0. The fourth-order valence-corrected chi connectivity index (χ4v) is 3.24. The summed E-state index contributed by atoms with van der Waals surface area (Å²) >= 11 is 2.07. The van der Waals surface area contributed by atoms with Crippen molar-refractivity contribution in [3.05, 3.63) is 35.4 Å². The second-order valence-electron chi connectivity index (χ2n) is 4.78. The Balaban J connectivity index is 1.82. The second-order valence-corrected chi connectivity index (χ2v) is 5.93. The van der Waals surface area contributed by atoms with Gasteiger partial charge >= 0.3 is 0 Å². The van der Waals surface area contributed by atoms with Crippen molar-refractivity contribution in [1.29, 1.82) is 0 Å². The Morgan fingerprint density at radius 3 is 2.75 bits per heavy atom. The third-order valence-electron chi connectivity index (χ3n) is 3.29. The highest BCUT2D eigenvalue weighted by Crippen LogP contribution is 2.19. The average Bonchev–Trinajstić information content (AvgIpc) is 2.80. The minimum atomic E-state index is 0.617. The lowest BCUT2D eigenvalue weighted by atomic mass is 10.00. The molecule has 1 N–H and O–H groups in total. The number of rotatable bonds is 4. The molecule has 16 heavy (non-hydrogen) atoms. The van der Waals surface area contributed by atoms with Crippen molar-refractivity contribution in [2.75, 3.05) is 18.1 Å². The van der Waals surface area contributed by atoms with Gasteiger partial charge in [0.25, 0.3) is 0 Å². The van der Waals surface area contributed by atoms with Crippen LogP contribution in [-0.4, -0.2) is 24.1 Å². The van der Waals surface area contributed by atoms with Gasteiger partial charge in [0.05, 0.1) is 0 Å². The zero-order valence-electron chi connectivity index (χ0n) is 10.2.